The van der Waals surface area contributed by atoms with Gasteiger partial charge in [0, 0.05) is 19.7 Å². The molecular formula is C10H17N5. The number of nitrogen functional groups attached to an aromatic ring is 2. The van der Waals surface area contributed by atoms with Gasteiger partial charge in [0.2, 0.25) is 5.95 Å². The van der Waals surface area contributed by atoms with E-state index in [1.165, 1.54) is 19.3 Å². The molecule has 0 bridgehead atoms. The lowest BCUT2D eigenvalue weighted by atomic mass is 9.85. The summed E-state index contributed by atoms with van der Waals surface area (Å²) in [5, 5.41) is 0. The van der Waals surface area contributed by atoms with Crippen LogP contribution >= 0.6 is 0 Å². The lowest BCUT2D eigenvalue weighted by molar-refractivity contribution is 0.321. The minimum atomic E-state index is 0.241. The van der Waals surface area contributed by atoms with Crippen LogP contribution in [0.1, 0.15) is 19.3 Å². The number of hydrogen-bond acceptors (Lipinski definition) is 5. The summed E-state index contributed by atoms with van der Waals surface area (Å²) in [6, 6.07) is 1.76. The van der Waals surface area contributed by atoms with Crippen LogP contribution in [0.2, 0.25) is 0 Å². The maximum absolute atomic E-state index is 5.62. The first-order valence-electron chi connectivity index (χ1n) is 5.26. The molecule has 0 aromatic carbocycles. The van der Waals surface area contributed by atoms with Crippen LogP contribution in [-0.4, -0.2) is 23.6 Å². The Morgan fingerprint density at radius 3 is 2.67 bits per heavy atom. The van der Waals surface area contributed by atoms with Gasteiger partial charge in [-0.05, 0) is 18.8 Å². The first-order valence-corrected chi connectivity index (χ1v) is 5.26. The maximum atomic E-state index is 5.62. The molecule has 1 fully saturated rings. The van der Waals surface area contributed by atoms with Crippen LogP contribution < -0.4 is 16.4 Å². The van der Waals surface area contributed by atoms with Crippen LogP contribution in [0.15, 0.2) is 6.07 Å². The molecule has 1 aromatic heterocycles. The number of hydrogen-bond donors (Lipinski definition) is 2. The largest absolute Gasteiger partial charge is 0.383 e. The van der Waals surface area contributed by atoms with E-state index in [0.29, 0.717) is 5.82 Å². The molecule has 1 aromatic rings. The van der Waals surface area contributed by atoms with Gasteiger partial charge in [-0.3, -0.25) is 0 Å². The van der Waals surface area contributed by atoms with Gasteiger partial charge in [-0.25, -0.2) is 0 Å². The molecule has 0 radical (unpaired) electrons. The van der Waals surface area contributed by atoms with Crippen molar-refractivity contribution in [2.45, 2.75) is 19.3 Å². The van der Waals surface area contributed by atoms with Crippen molar-refractivity contribution < 1.29 is 0 Å². The van der Waals surface area contributed by atoms with E-state index in [9.17, 15) is 0 Å². The average molecular weight is 207 g/mol. The Morgan fingerprint density at radius 2 is 2.13 bits per heavy atom. The first-order chi connectivity index (χ1) is 7.15. The van der Waals surface area contributed by atoms with Gasteiger partial charge in [0.1, 0.15) is 11.6 Å². The highest BCUT2D eigenvalue weighted by Gasteiger charge is 2.19. The van der Waals surface area contributed by atoms with Crippen molar-refractivity contribution in [3.8, 4) is 0 Å². The molecule has 2 rings (SSSR count). The standard InChI is InChI=1S/C10H17N5/c1-15(6-7-3-2-4-7)9-5-8(11)13-10(12)14-9/h5,7H,2-4,6H2,1H3,(H4,11,12,13,14). The average Bonchev–Trinajstić information content (AvgIpc) is 2.09. The summed E-state index contributed by atoms with van der Waals surface area (Å²) >= 11 is 0. The summed E-state index contributed by atoms with van der Waals surface area (Å²) in [4.78, 5) is 10.1. The van der Waals surface area contributed by atoms with E-state index in [0.717, 1.165) is 18.3 Å². The quantitative estimate of drug-likeness (QED) is 0.769. The van der Waals surface area contributed by atoms with Gasteiger partial charge in [-0.15, -0.1) is 0 Å². The van der Waals surface area contributed by atoms with E-state index in [4.69, 9.17) is 11.5 Å². The highest BCUT2D eigenvalue weighted by Crippen LogP contribution is 2.28. The van der Waals surface area contributed by atoms with E-state index in [2.05, 4.69) is 14.9 Å². The van der Waals surface area contributed by atoms with Crippen molar-refractivity contribution in [3.05, 3.63) is 6.07 Å². The molecule has 1 saturated carbocycles. The summed E-state index contributed by atoms with van der Waals surface area (Å²) < 4.78 is 0. The van der Waals surface area contributed by atoms with Gasteiger partial charge in [0.05, 0.1) is 0 Å². The normalized spacial score (nSPS) is 16.1. The predicted octanol–water partition coefficient (Wildman–Crippen LogP) is 0.877. The first kappa shape index (κ1) is 10.0. The third-order valence-electron chi connectivity index (χ3n) is 2.90. The van der Waals surface area contributed by atoms with Crippen LogP contribution in [0, 0.1) is 5.92 Å². The van der Waals surface area contributed by atoms with Crippen LogP contribution in [0.5, 0.6) is 0 Å². The topological polar surface area (TPSA) is 81.1 Å². The van der Waals surface area contributed by atoms with E-state index in [1.807, 2.05) is 7.05 Å². The molecule has 1 aliphatic carbocycles. The summed E-state index contributed by atoms with van der Waals surface area (Å²) in [7, 11) is 2.01. The molecule has 1 heterocycles. The second-order valence-electron chi connectivity index (χ2n) is 4.19. The van der Waals surface area contributed by atoms with Crippen LogP contribution in [0.25, 0.3) is 0 Å². The lowest BCUT2D eigenvalue weighted by Crippen LogP contribution is -2.30. The fourth-order valence-electron chi connectivity index (χ4n) is 1.82. The van der Waals surface area contributed by atoms with E-state index in [-0.39, 0.29) is 5.95 Å². The van der Waals surface area contributed by atoms with E-state index < -0.39 is 0 Å². The van der Waals surface area contributed by atoms with Gasteiger partial charge in [-0.1, -0.05) is 6.42 Å². The zero-order chi connectivity index (χ0) is 10.8. The minimum absolute atomic E-state index is 0.241. The predicted molar refractivity (Wildman–Crippen MR) is 61.5 cm³/mol. The summed E-state index contributed by atoms with van der Waals surface area (Å²) in [5.41, 5.74) is 11.2. The molecule has 82 valence electrons. The zero-order valence-electron chi connectivity index (χ0n) is 8.98. The van der Waals surface area contributed by atoms with Crippen molar-refractivity contribution >= 4 is 17.6 Å². The van der Waals surface area contributed by atoms with E-state index in [1.54, 1.807) is 6.07 Å². The summed E-state index contributed by atoms with van der Waals surface area (Å²) in [6.45, 7) is 1.02. The third kappa shape index (κ3) is 2.29. The highest BCUT2D eigenvalue weighted by atomic mass is 15.2. The molecule has 0 saturated heterocycles. The Morgan fingerprint density at radius 1 is 1.40 bits per heavy atom. The number of aromatic nitrogens is 2. The zero-order valence-corrected chi connectivity index (χ0v) is 8.98. The molecule has 15 heavy (non-hydrogen) atoms. The smallest absolute Gasteiger partial charge is 0.223 e. The molecular weight excluding hydrogens is 190 g/mol. The Kier molecular flexibility index (Phi) is 2.62. The monoisotopic (exact) mass is 207 g/mol. The van der Waals surface area contributed by atoms with Crippen molar-refractivity contribution in [2.24, 2.45) is 5.92 Å². The SMILES string of the molecule is CN(CC1CCC1)c1cc(N)nc(N)n1. The van der Waals surface area contributed by atoms with Crippen molar-refractivity contribution in [3.63, 3.8) is 0 Å². The van der Waals surface area contributed by atoms with Gasteiger partial charge in [0.25, 0.3) is 0 Å². The fraction of sp³-hybridized carbons (Fsp3) is 0.600. The molecule has 0 unspecified atom stereocenters. The number of anilines is 3. The molecule has 5 heteroatoms. The van der Waals surface area contributed by atoms with Crippen molar-refractivity contribution in [2.75, 3.05) is 30.0 Å². The number of nitrogens with two attached hydrogens (primary N) is 2. The van der Waals surface area contributed by atoms with Gasteiger partial charge < -0.3 is 16.4 Å². The molecule has 0 spiro atoms. The number of rotatable bonds is 3. The van der Waals surface area contributed by atoms with Crippen LogP contribution in [0.3, 0.4) is 0 Å². The van der Waals surface area contributed by atoms with Gasteiger partial charge in [0.15, 0.2) is 0 Å². The minimum Gasteiger partial charge on any atom is -0.383 e. The van der Waals surface area contributed by atoms with Gasteiger partial charge >= 0.3 is 0 Å². The van der Waals surface area contributed by atoms with E-state index >= 15 is 0 Å². The Balaban J connectivity index is 2.06. The Labute approximate surface area is 89.5 Å². The maximum Gasteiger partial charge on any atom is 0.223 e. The Hall–Kier alpha value is -1.52. The summed E-state index contributed by atoms with van der Waals surface area (Å²) in [6.07, 6.45) is 3.99. The summed E-state index contributed by atoms with van der Waals surface area (Å²) in [5.74, 6) is 2.28. The molecule has 5 nitrogen and oxygen atoms in total. The molecule has 1 aliphatic rings. The van der Waals surface area contributed by atoms with Crippen molar-refractivity contribution in [1.29, 1.82) is 0 Å². The lowest BCUT2D eigenvalue weighted by Gasteiger charge is -2.30. The number of nitrogens with zero attached hydrogens (tertiary/aromatic N) is 3. The van der Waals surface area contributed by atoms with Crippen molar-refractivity contribution in [1.82, 2.24) is 9.97 Å². The Bertz CT molecular complexity index is 327. The van der Waals surface area contributed by atoms with Crippen LogP contribution in [0.4, 0.5) is 17.6 Å². The van der Waals surface area contributed by atoms with Gasteiger partial charge in [-0.2, -0.15) is 9.97 Å². The second-order valence-corrected chi connectivity index (χ2v) is 4.19. The molecule has 0 amide bonds. The fourth-order valence-corrected chi connectivity index (χ4v) is 1.82. The third-order valence-corrected chi connectivity index (χ3v) is 2.90. The molecule has 0 atom stereocenters. The second kappa shape index (κ2) is 3.92. The molecule has 4 N–H and O–H groups in total. The highest BCUT2D eigenvalue weighted by molar-refractivity contribution is 5.49. The van der Waals surface area contributed by atoms with Crippen LogP contribution in [-0.2, 0) is 0 Å². The molecule has 0 aliphatic heterocycles.